The predicted molar refractivity (Wildman–Crippen MR) is 97.8 cm³/mol. The van der Waals surface area contributed by atoms with Crippen molar-refractivity contribution in [3.63, 3.8) is 0 Å². The number of thiazole rings is 1. The first-order chi connectivity index (χ1) is 9.76. The molecule has 0 atom stereocenters. The largest absolute Gasteiger partial charge is 0.382 e. The Morgan fingerprint density at radius 1 is 1.33 bits per heavy atom. The van der Waals surface area contributed by atoms with E-state index in [2.05, 4.69) is 27.5 Å². The molecule has 1 heterocycles. The van der Waals surface area contributed by atoms with Crippen molar-refractivity contribution in [3.8, 4) is 0 Å². The summed E-state index contributed by atoms with van der Waals surface area (Å²) in [6.45, 7) is 5.58. The quantitative estimate of drug-likeness (QED) is 0.272. The number of ether oxygens (including phenoxy) is 2. The van der Waals surface area contributed by atoms with E-state index in [4.69, 9.17) is 9.47 Å². The van der Waals surface area contributed by atoms with Crippen molar-refractivity contribution >= 4 is 41.3 Å². The number of nitrogens with zero attached hydrogens (tertiary/aromatic N) is 2. The number of nitrogens with one attached hydrogen (secondary N) is 2. The Bertz CT molecular complexity index is 401. The molecule has 0 spiro atoms. The summed E-state index contributed by atoms with van der Waals surface area (Å²) in [5, 5.41) is 7.54. The molecule has 0 amide bonds. The lowest BCUT2D eigenvalue weighted by Crippen LogP contribution is -2.37. The third-order valence-electron chi connectivity index (χ3n) is 2.49. The van der Waals surface area contributed by atoms with Gasteiger partial charge in [-0.1, -0.05) is 0 Å². The Hall–Kier alpha value is -0.450. The lowest BCUT2D eigenvalue weighted by molar-refractivity contribution is 0.0698. The van der Waals surface area contributed by atoms with E-state index in [1.807, 2.05) is 6.20 Å². The van der Waals surface area contributed by atoms with Crippen LogP contribution in [0.15, 0.2) is 11.2 Å². The van der Waals surface area contributed by atoms with Gasteiger partial charge in [0.1, 0.15) is 5.01 Å². The van der Waals surface area contributed by atoms with Gasteiger partial charge in [0.25, 0.3) is 0 Å². The van der Waals surface area contributed by atoms with E-state index >= 15 is 0 Å². The number of rotatable bonds is 9. The second-order valence-electron chi connectivity index (χ2n) is 4.18. The van der Waals surface area contributed by atoms with E-state index < -0.39 is 0 Å². The highest BCUT2D eigenvalue weighted by molar-refractivity contribution is 14.0. The minimum absolute atomic E-state index is 0. The molecule has 6 nitrogen and oxygen atoms in total. The molecular weight excluding hydrogens is 403 g/mol. The fourth-order valence-electron chi connectivity index (χ4n) is 1.49. The second-order valence-corrected chi connectivity index (χ2v) is 5.50. The van der Waals surface area contributed by atoms with Gasteiger partial charge in [0, 0.05) is 38.4 Å². The van der Waals surface area contributed by atoms with Gasteiger partial charge in [0.15, 0.2) is 5.96 Å². The van der Waals surface area contributed by atoms with Gasteiger partial charge >= 0.3 is 0 Å². The lowest BCUT2D eigenvalue weighted by Gasteiger charge is -2.10. The molecule has 1 aromatic rings. The van der Waals surface area contributed by atoms with Gasteiger partial charge in [-0.3, -0.25) is 4.99 Å². The Morgan fingerprint density at radius 2 is 2.14 bits per heavy atom. The standard InChI is InChI=1S/C13H24N4O2S.HI/c1-11-9-16-12(20-11)10-17-13(14-2)15-5-4-6-19-8-7-18-3;/h9H,4-8,10H2,1-3H3,(H2,14,15,17);1H. The maximum atomic E-state index is 5.39. The summed E-state index contributed by atoms with van der Waals surface area (Å²) in [5.41, 5.74) is 0. The highest BCUT2D eigenvalue weighted by atomic mass is 127. The monoisotopic (exact) mass is 428 g/mol. The molecule has 0 aliphatic heterocycles. The van der Waals surface area contributed by atoms with Crippen LogP contribution in [0.3, 0.4) is 0 Å². The van der Waals surface area contributed by atoms with Crippen molar-refractivity contribution in [1.29, 1.82) is 0 Å². The zero-order chi connectivity index (χ0) is 14.6. The third kappa shape index (κ3) is 9.99. The second kappa shape index (κ2) is 13.2. The van der Waals surface area contributed by atoms with Crippen LogP contribution in [0.1, 0.15) is 16.3 Å². The van der Waals surface area contributed by atoms with Gasteiger partial charge in [-0.05, 0) is 13.3 Å². The van der Waals surface area contributed by atoms with Crippen molar-refractivity contribution in [1.82, 2.24) is 15.6 Å². The first-order valence-electron chi connectivity index (χ1n) is 6.68. The van der Waals surface area contributed by atoms with Crippen LogP contribution in [-0.2, 0) is 16.0 Å². The van der Waals surface area contributed by atoms with Crippen molar-refractivity contribution in [2.24, 2.45) is 4.99 Å². The van der Waals surface area contributed by atoms with Gasteiger partial charge in [-0.25, -0.2) is 4.98 Å². The number of guanidine groups is 1. The minimum atomic E-state index is 0. The number of methoxy groups -OCH3 is 1. The molecule has 0 saturated carbocycles. The smallest absolute Gasteiger partial charge is 0.191 e. The van der Waals surface area contributed by atoms with Gasteiger partial charge in [-0.15, -0.1) is 35.3 Å². The third-order valence-corrected chi connectivity index (χ3v) is 3.40. The SMILES string of the molecule is CN=C(NCCCOCCOC)NCc1ncc(C)s1.I. The zero-order valence-corrected chi connectivity index (χ0v) is 16.0. The zero-order valence-electron chi connectivity index (χ0n) is 12.8. The molecule has 0 aromatic carbocycles. The molecule has 1 rings (SSSR count). The number of aromatic nitrogens is 1. The summed E-state index contributed by atoms with van der Waals surface area (Å²) in [5.74, 6) is 0.787. The molecule has 0 unspecified atom stereocenters. The van der Waals surface area contributed by atoms with Crippen LogP contribution < -0.4 is 10.6 Å². The molecule has 0 bridgehead atoms. The van der Waals surface area contributed by atoms with Crippen LogP contribution in [0.5, 0.6) is 0 Å². The first-order valence-corrected chi connectivity index (χ1v) is 7.50. The van der Waals surface area contributed by atoms with E-state index in [0.29, 0.717) is 19.8 Å². The van der Waals surface area contributed by atoms with Gasteiger partial charge in [0.05, 0.1) is 19.8 Å². The summed E-state index contributed by atoms with van der Waals surface area (Å²) in [4.78, 5) is 9.69. The number of aliphatic imine (C=N–C) groups is 1. The molecule has 0 saturated heterocycles. The Morgan fingerprint density at radius 3 is 2.76 bits per heavy atom. The molecule has 0 aliphatic rings. The number of aryl methyl sites for hydroxylation is 1. The van der Waals surface area contributed by atoms with E-state index in [1.54, 1.807) is 25.5 Å². The average Bonchev–Trinajstić information content (AvgIpc) is 2.87. The molecule has 122 valence electrons. The Balaban J connectivity index is 0.00000400. The Labute approximate surface area is 147 Å². The van der Waals surface area contributed by atoms with Gasteiger partial charge in [-0.2, -0.15) is 0 Å². The normalized spacial score (nSPS) is 11.1. The minimum Gasteiger partial charge on any atom is -0.382 e. The van der Waals surface area contributed by atoms with Crippen molar-refractivity contribution in [2.45, 2.75) is 19.9 Å². The highest BCUT2D eigenvalue weighted by Gasteiger charge is 2.01. The lowest BCUT2D eigenvalue weighted by atomic mass is 10.4. The van der Waals surface area contributed by atoms with Crippen LogP contribution in [0.4, 0.5) is 0 Å². The maximum Gasteiger partial charge on any atom is 0.191 e. The van der Waals surface area contributed by atoms with E-state index in [9.17, 15) is 0 Å². The first kappa shape index (κ1) is 20.6. The fourth-order valence-corrected chi connectivity index (χ4v) is 2.22. The maximum absolute atomic E-state index is 5.39. The average molecular weight is 428 g/mol. The van der Waals surface area contributed by atoms with Crippen LogP contribution in [0, 0.1) is 6.92 Å². The topological polar surface area (TPSA) is 67.8 Å². The van der Waals surface area contributed by atoms with E-state index in [-0.39, 0.29) is 24.0 Å². The van der Waals surface area contributed by atoms with Gasteiger partial charge in [0.2, 0.25) is 0 Å². The summed E-state index contributed by atoms with van der Waals surface area (Å²) in [7, 11) is 3.43. The molecule has 21 heavy (non-hydrogen) atoms. The van der Waals surface area contributed by atoms with Crippen LogP contribution >= 0.6 is 35.3 Å². The molecule has 0 radical (unpaired) electrons. The Kier molecular flexibility index (Phi) is 12.9. The van der Waals surface area contributed by atoms with Crippen molar-refractivity contribution < 1.29 is 9.47 Å². The summed E-state index contributed by atoms with van der Waals surface area (Å²) in [6.07, 6.45) is 2.82. The van der Waals surface area contributed by atoms with Crippen molar-refractivity contribution in [2.75, 3.05) is 40.5 Å². The highest BCUT2D eigenvalue weighted by Crippen LogP contribution is 2.10. The van der Waals surface area contributed by atoms with Crippen LogP contribution in [-0.4, -0.2) is 51.5 Å². The van der Waals surface area contributed by atoms with Gasteiger partial charge < -0.3 is 20.1 Å². The summed E-state index contributed by atoms with van der Waals surface area (Å²) < 4.78 is 10.3. The van der Waals surface area contributed by atoms with Crippen LogP contribution in [0.25, 0.3) is 0 Å². The molecular formula is C13H25IN4O2S. The van der Waals surface area contributed by atoms with Crippen molar-refractivity contribution in [3.05, 3.63) is 16.1 Å². The fraction of sp³-hybridized carbons (Fsp3) is 0.692. The van der Waals surface area contributed by atoms with E-state index in [1.165, 1.54) is 4.88 Å². The summed E-state index contributed by atoms with van der Waals surface area (Å²) >= 11 is 1.69. The molecule has 1 aromatic heterocycles. The molecule has 8 heteroatoms. The predicted octanol–water partition coefficient (Wildman–Crippen LogP) is 1.79. The summed E-state index contributed by atoms with van der Waals surface area (Å²) in [6, 6.07) is 0. The molecule has 0 aliphatic carbocycles. The van der Waals surface area contributed by atoms with E-state index in [0.717, 1.165) is 30.5 Å². The number of halogens is 1. The number of hydrogen-bond donors (Lipinski definition) is 2. The number of hydrogen-bond acceptors (Lipinski definition) is 5. The van der Waals surface area contributed by atoms with Crippen LogP contribution in [0.2, 0.25) is 0 Å². The molecule has 0 fully saturated rings. The molecule has 2 N–H and O–H groups in total.